The Bertz CT molecular complexity index is 539. The van der Waals surface area contributed by atoms with Gasteiger partial charge in [0.15, 0.2) is 0 Å². The van der Waals surface area contributed by atoms with Crippen molar-refractivity contribution in [2.75, 3.05) is 0 Å². The van der Waals surface area contributed by atoms with Crippen LogP contribution in [0.4, 0.5) is 0 Å². The van der Waals surface area contributed by atoms with Crippen LogP contribution in [0, 0.1) is 47.3 Å². The summed E-state index contributed by atoms with van der Waals surface area (Å²) in [6, 6.07) is 0. The minimum Gasteiger partial charge on any atom is -0.0711 e. The smallest absolute Gasteiger partial charge is 0.0451 e. The monoisotopic (exact) mass is 404 g/mol. The normalized spacial score (nSPS) is 50.7. The van der Waals surface area contributed by atoms with Crippen molar-refractivity contribution in [2.45, 2.75) is 110 Å². The molecular weight excluding hydrogens is 356 g/mol. The SMILES string of the molecule is CC1C(C)C(C)C([Si](C)(C)[Si](C)(C)C2CCC3CC4CCCC4CC32)C1C. The molecule has 4 saturated carbocycles. The summed E-state index contributed by atoms with van der Waals surface area (Å²) in [5.41, 5.74) is 2.24. The van der Waals surface area contributed by atoms with E-state index in [-0.39, 0.29) is 0 Å². The number of hydrogen-bond acceptors (Lipinski definition) is 0. The van der Waals surface area contributed by atoms with E-state index in [1.165, 1.54) is 0 Å². The fourth-order valence-electron chi connectivity index (χ4n) is 9.48. The third-order valence-electron chi connectivity index (χ3n) is 12.0. The van der Waals surface area contributed by atoms with Crippen LogP contribution in [-0.2, 0) is 0 Å². The molecule has 4 aliphatic rings. The van der Waals surface area contributed by atoms with E-state index < -0.39 is 15.2 Å². The molecule has 0 amide bonds. The van der Waals surface area contributed by atoms with E-state index in [1.807, 2.05) is 0 Å². The summed E-state index contributed by atoms with van der Waals surface area (Å²) in [4.78, 5) is 0. The van der Waals surface area contributed by atoms with Crippen molar-refractivity contribution in [3.05, 3.63) is 0 Å². The quantitative estimate of drug-likeness (QED) is 0.418. The highest BCUT2D eigenvalue weighted by atomic mass is 29.3. The number of rotatable bonds is 3. The molecule has 0 spiro atoms. The van der Waals surface area contributed by atoms with Gasteiger partial charge in [-0.2, -0.15) is 0 Å². The van der Waals surface area contributed by atoms with Gasteiger partial charge in [-0.1, -0.05) is 86.0 Å². The van der Waals surface area contributed by atoms with Crippen molar-refractivity contribution in [2.24, 2.45) is 47.3 Å². The molecule has 27 heavy (non-hydrogen) atoms. The minimum absolute atomic E-state index is 0.937. The highest BCUT2D eigenvalue weighted by Gasteiger charge is 2.60. The first-order chi connectivity index (χ1) is 12.6. The first kappa shape index (κ1) is 20.7. The second-order valence-electron chi connectivity index (χ2n) is 12.9. The highest BCUT2D eigenvalue weighted by molar-refractivity contribution is 7.41. The van der Waals surface area contributed by atoms with Crippen LogP contribution in [0.15, 0.2) is 0 Å². The first-order valence-corrected chi connectivity index (χ1v) is 19.7. The van der Waals surface area contributed by atoms with Crippen LogP contribution < -0.4 is 0 Å². The van der Waals surface area contributed by atoms with Crippen molar-refractivity contribution in [1.29, 1.82) is 0 Å². The molecule has 0 saturated heterocycles. The second kappa shape index (κ2) is 7.00. The van der Waals surface area contributed by atoms with Gasteiger partial charge in [0.25, 0.3) is 0 Å². The molecule has 4 aliphatic carbocycles. The third kappa shape index (κ3) is 3.01. The maximum atomic E-state index is 2.89. The molecule has 0 aromatic carbocycles. The molecule has 0 aliphatic heterocycles. The fourth-order valence-corrected chi connectivity index (χ4v) is 25.0. The van der Waals surface area contributed by atoms with Gasteiger partial charge < -0.3 is 0 Å². The van der Waals surface area contributed by atoms with Gasteiger partial charge in [-0.05, 0) is 71.3 Å². The van der Waals surface area contributed by atoms with E-state index in [4.69, 9.17) is 0 Å². The van der Waals surface area contributed by atoms with Crippen LogP contribution in [0.1, 0.15) is 72.6 Å². The Kier molecular flexibility index (Phi) is 5.36. The lowest BCUT2D eigenvalue weighted by molar-refractivity contribution is 0.156. The van der Waals surface area contributed by atoms with Crippen molar-refractivity contribution in [3.63, 3.8) is 0 Å². The highest BCUT2D eigenvalue weighted by Crippen LogP contribution is 2.63. The van der Waals surface area contributed by atoms with Gasteiger partial charge in [0, 0.05) is 15.2 Å². The molecule has 0 bridgehead atoms. The summed E-state index contributed by atoms with van der Waals surface area (Å²) in [6.45, 7) is 21.9. The average molecular weight is 405 g/mol. The summed E-state index contributed by atoms with van der Waals surface area (Å²) in [5.74, 6) is 8.33. The van der Waals surface area contributed by atoms with Crippen molar-refractivity contribution < 1.29 is 0 Å². The van der Waals surface area contributed by atoms with Crippen molar-refractivity contribution >= 4 is 15.2 Å². The Morgan fingerprint density at radius 1 is 0.556 bits per heavy atom. The summed E-state index contributed by atoms with van der Waals surface area (Å²) in [5, 5.41) is 0. The second-order valence-corrected chi connectivity index (χ2v) is 29.0. The van der Waals surface area contributed by atoms with Crippen LogP contribution in [0.5, 0.6) is 0 Å². The summed E-state index contributed by atoms with van der Waals surface area (Å²) >= 11 is 0. The molecular formula is C25H48Si2. The van der Waals surface area contributed by atoms with Gasteiger partial charge in [-0.3, -0.25) is 0 Å². The van der Waals surface area contributed by atoms with Crippen LogP contribution in [0.25, 0.3) is 0 Å². The van der Waals surface area contributed by atoms with Gasteiger partial charge in [-0.25, -0.2) is 0 Å². The van der Waals surface area contributed by atoms with Crippen molar-refractivity contribution in [1.82, 2.24) is 0 Å². The van der Waals surface area contributed by atoms with Crippen LogP contribution in [0.3, 0.4) is 0 Å². The molecule has 4 rings (SSSR count). The Labute approximate surface area is 172 Å². The Morgan fingerprint density at radius 2 is 1.11 bits per heavy atom. The van der Waals surface area contributed by atoms with E-state index >= 15 is 0 Å². The Balaban J connectivity index is 1.58. The molecule has 0 N–H and O–H groups in total. The molecule has 2 heteroatoms. The van der Waals surface area contributed by atoms with Gasteiger partial charge in [0.05, 0.1) is 0 Å². The van der Waals surface area contributed by atoms with E-state index in [2.05, 4.69) is 53.9 Å². The van der Waals surface area contributed by atoms with Crippen LogP contribution in [0.2, 0.25) is 37.3 Å². The summed E-state index contributed by atoms with van der Waals surface area (Å²) < 4.78 is 0. The summed E-state index contributed by atoms with van der Waals surface area (Å²) in [6.07, 6.45) is 11.2. The first-order valence-electron chi connectivity index (χ1n) is 12.6. The fraction of sp³-hybridized carbons (Fsp3) is 1.00. The maximum absolute atomic E-state index is 2.89. The summed E-state index contributed by atoms with van der Waals surface area (Å²) in [7, 11) is -2.46. The molecule has 9 atom stereocenters. The molecule has 4 fully saturated rings. The third-order valence-corrected chi connectivity index (χ3v) is 32.7. The van der Waals surface area contributed by atoms with E-state index in [0.717, 1.165) is 58.4 Å². The molecule has 0 nitrogen and oxygen atoms in total. The predicted octanol–water partition coefficient (Wildman–Crippen LogP) is 8.02. The zero-order chi connectivity index (χ0) is 19.7. The predicted molar refractivity (Wildman–Crippen MR) is 125 cm³/mol. The number of fused-ring (bicyclic) bond motifs is 2. The zero-order valence-electron chi connectivity index (χ0n) is 19.7. The lowest BCUT2D eigenvalue weighted by Crippen LogP contribution is -2.62. The molecule has 0 aromatic heterocycles. The van der Waals surface area contributed by atoms with Crippen molar-refractivity contribution in [3.8, 4) is 0 Å². The van der Waals surface area contributed by atoms with E-state index in [9.17, 15) is 0 Å². The van der Waals surface area contributed by atoms with Gasteiger partial charge in [0.2, 0.25) is 0 Å². The Morgan fingerprint density at radius 3 is 1.70 bits per heavy atom. The molecule has 0 aromatic rings. The van der Waals surface area contributed by atoms with Gasteiger partial charge in [0.1, 0.15) is 0 Å². The topological polar surface area (TPSA) is 0 Å². The van der Waals surface area contributed by atoms with E-state index in [0.29, 0.717) is 0 Å². The molecule has 0 radical (unpaired) electrons. The Hall–Kier alpha value is 0.434. The lowest BCUT2D eigenvalue weighted by atomic mass is 9.71. The maximum Gasteiger partial charge on any atom is 0.0451 e. The standard InChI is InChI=1S/C25H48Si2/c1-16-17(2)19(4)25(18(16)3)27(7,8)26(5,6)24-13-12-22-14-20-10-9-11-21(20)15-23(22)24/h16-25H,9-15H2,1-8H3. The van der Waals surface area contributed by atoms with Gasteiger partial charge in [-0.15, -0.1) is 0 Å². The zero-order valence-corrected chi connectivity index (χ0v) is 21.7. The van der Waals surface area contributed by atoms with E-state index in [1.54, 1.807) is 44.9 Å². The molecule has 0 heterocycles. The van der Waals surface area contributed by atoms with Gasteiger partial charge >= 0.3 is 0 Å². The lowest BCUT2D eigenvalue weighted by Gasteiger charge is -2.52. The van der Waals surface area contributed by atoms with Crippen LogP contribution in [-0.4, -0.2) is 15.2 Å². The van der Waals surface area contributed by atoms with Crippen LogP contribution >= 0.6 is 0 Å². The molecule has 9 unspecified atom stereocenters. The largest absolute Gasteiger partial charge is 0.0711 e. The minimum atomic E-state index is -1.24. The number of hydrogen-bond donors (Lipinski definition) is 0. The average Bonchev–Trinajstić information content (AvgIpc) is 3.27. The molecule has 156 valence electrons.